The normalized spacial score (nSPS) is 17.4. The minimum atomic E-state index is -4.21. The van der Waals surface area contributed by atoms with Crippen molar-refractivity contribution in [3.8, 4) is 0 Å². The van der Waals surface area contributed by atoms with Gasteiger partial charge in [-0.1, -0.05) is 11.6 Å². The number of nitrogens with one attached hydrogen (secondary N) is 1. The number of halogens is 3. The van der Waals surface area contributed by atoms with Crippen molar-refractivity contribution in [1.82, 2.24) is 15.5 Å². The van der Waals surface area contributed by atoms with Gasteiger partial charge in [0.05, 0.1) is 13.1 Å². The first-order valence-electron chi connectivity index (χ1n) is 5.14. The van der Waals surface area contributed by atoms with Crippen LogP contribution in [0.25, 0.3) is 0 Å². The molecule has 0 aromatic carbocycles. The first-order valence-corrected chi connectivity index (χ1v) is 5.14. The second-order valence-corrected chi connectivity index (χ2v) is 3.89. The van der Waals surface area contributed by atoms with E-state index < -0.39 is 12.7 Å². The Bertz CT molecular complexity index is 346. The standard InChI is InChI=1S/C9H12F3N3O/c10-9(11,12)5-13-4-7-14-8(15-16-7)6-2-1-3-6/h6,13H,1-5H2. The van der Waals surface area contributed by atoms with Gasteiger partial charge in [-0.25, -0.2) is 0 Å². The number of alkyl halides is 3. The van der Waals surface area contributed by atoms with Crippen LogP contribution in [0.3, 0.4) is 0 Å². The molecule has 1 aliphatic rings. The van der Waals surface area contributed by atoms with Crippen LogP contribution in [0.15, 0.2) is 4.52 Å². The first kappa shape index (κ1) is 11.4. The number of aromatic nitrogens is 2. The van der Waals surface area contributed by atoms with Crippen molar-refractivity contribution in [1.29, 1.82) is 0 Å². The van der Waals surface area contributed by atoms with Crippen molar-refractivity contribution in [3.05, 3.63) is 11.7 Å². The zero-order valence-electron chi connectivity index (χ0n) is 8.55. The van der Waals surface area contributed by atoms with Gasteiger partial charge in [-0.2, -0.15) is 18.2 Å². The average molecular weight is 235 g/mol. The molecule has 1 saturated carbocycles. The maximum Gasteiger partial charge on any atom is 0.401 e. The van der Waals surface area contributed by atoms with Gasteiger partial charge >= 0.3 is 6.18 Å². The van der Waals surface area contributed by atoms with E-state index in [1.165, 1.54) is 0 Å². The van der Waals surface area contributed by atoms with Gasteiger partial charge in [0, 0.05) is 5.92 Å². The molecule has 16 heavy (non-hydrogen) atoms. The highest BCUT2D eigenvalue weighted by atomic mass is 19.4. The van der Waals surface area contributed by atoms with E-state index >= 15 is 0 Å². The van der Waals surface area contributed by atoms with E-state index in [9.17, 15) is 13.2 Å². The summed E-state index contributed by atoms with van der Waals surface area (Å²) in [4.78, 5) is 4.04. The molecule has 0 bridgehead atoms. The lowest BCUT2D eigenvalue weighted by atomic mass is 9.85. The van der Waals surface area contributed by atoms with Gasteiger partial charge in [0.15, 0.2) is 5.82 Å². The lowest BCUT2D eigenvalue weighted by Crippen LogP contribution is -2.28. The predicted molar refractivity (Wildman–Crippen MR) is 48.7 cm³/mol. The minimum absolute atomic E-state index is 0.0424. The summed E-state index contributed by atoms with van der Waals surface area (Å²) >= 11 is 0. The summed E-state index contributed by atoms with van der Waals surface area (Å²) in [6.45, 7) is -1.09. The highest BCUT2D eigenvalue weighted by Gasteiger charge is 2.27. The number of rotatable bonds is 4. The molecule has 4 nitrogen and oxygen atoms in total. The third kappa shape index (κ3) is 2.94. The third-order valence-electron chi connectivity index (χ3n) is 2.56. The maximum absolute atomic E-state index is 11.8. The Morgan fingerprint density at radius 1 is 1.38 bits per heavy atom. The first-order chi connectivity index (χ1) is 7.54. The molecule has 0 aliphatic heterocycles. The summed E-state index contributed by atoms with van der Waals surface area (Å²) in [7, 11) is 0. The van der Waals surface area contributed by atoms with Gasteiger partial charge in [0.1, 0.15) is 0 Å². The lowest BCUT2D eigenvalue weighted by molar-refractivity contribution is -0.125. The van der Waals surface area contributed by atoms with E-state index in [2.05, 4.69) is 15.5 Å². The molecule has 2 rings (SSSR count). The molecular weight excluding hydrogens is 223 g/mol. The van der Waals surface area contributed by atoms with Crippen molar-refractivity contribution in [2.75, 3.05) is 6.54 Å². The number of hydrogen-bond acceptors (Lipinski definition) is 4. The Kier molecular flexibility index (Phi) is 3.13. The average Bonchev–Trinajstić information content (AvgIpc) is 2.47. The van der Waals surface area contributed by atoms with E-state index in [1.807, 2.05) is 0 Å². The Morgan fingerprint density at radius 3 is 2.69 bits per heavy atom. The summed E-state index contributed by atoms with van der Waals surface area (Å²) in [5, 5.41) is 5.95. The van der Waals surface area contributed by atoms with Gasteiger partial charge in [-0.05, 0) is 12.8 Å². The van der Waals surface area contributed by atoms with Crippen molar-refractivity contribution in [2.45, 2.75) is 37.9 Å². The van der Waals surface area contributed by atoms with E-state index in [1.54, 1.807) is 0 Å². The fraction of sp³-hybridized carbons (Fsp3) is 0.778. The Labute approximate surface area is 90.2 Å². The molecule has 90 valence electrons. The number of nitrogens with zero attached hydrogens (tertiary/aromatic N) is 2. The minimum Gasteiger partial charge on any atom is -0.338 e. The second-order valence-electron chi connectivity index (χ2n) is 3.89. The molecule has 1 heterocycles. The fourth-order valence-electron chi connectivity index (χ4n) is 1.48. The van der Waals surface area contributed by atoms with Crippen LogP contribution in [-0.2, 0) is 6.54 Å². The zero-order valence-corrected chi connectivity index (χ0v) is 8.55. The maximum atomic E-state index is 11.8. The van der Waals surface area contributed by atoms with Crippen LogP contribution in [-0.4, -0.2) is 22.9 Å². The van der Waals surface area contributed by atoms with Crippen molar-refractivity contribution in [2.24, 2.45) is 0 Å². The molecule has 0 atom stereocenters. The smallest absolute Gasteiger partial charge is 0.338 e. The summed E-state index contributed by atoms with van der Waals surface area (Å²) < 4.78 is 40.3. The highest BCUT2D eigenvalue weighted by Crippen LogP contribution is 2.34. The van der Waals surface area contributed by atoms with Crippen LogP contribution >= 0.6 is 0 Å². The highest BCUT2D eigenvalue weighted by molar-refractivity contribution is 4.99. The molecule has 0 radical (unpaired) electrons. The fourth-order valence-corrected chi connectivity index (χ4v) is 1.48. The van der Waals surface area contributed by atoms with Crippen LogP contribution in [0.2, 0.25) is 0 Å². The Morgan fingerprint density at radius 2 is 2.12 bits per heavy atom. The molecule has 0 amide bonds. The van der Waals surface area contributed by atoms with Gasteiger partial charge < -0.3 is 9.84 Å². The lowest BCUT2D eigenvalue weighted by Gasteiger charge is -2.20. The third-order valence-corrected chi connectivity index (χ3v) is 2.56. The molecule has 1 aliphatic carbocycles. The Balaban J connectivity index is 1.79. The number of hydrogen-bond donors (Lipinski definition) is 1. The molecule has 7 heteroatoms. The largest absolute Gasteiger partial charge is 0.401 e. The van der Waals surface area contributed by atoms with Crippen LogP contribution in [0.5, 0.6) is 0 Å². The van der Waals surface area contributed by atoms with Gasteiger partial charge in [0.25, 0.3) is 0 Å². The van der Waals surface area contributed by atoms with Crippen LogP contribution in [0.1, 0.15) is 36.9 Å². The molecule has 1 fully saturated rings. The van der Waals surface area contributed by atoms with Gasteiger partial charge in [-0.15, -0.1) is 0 Å². The van der Waals surface area contributed by atoms with E-state index in [0.29, 0.717) is 11.7 Å². The summed E-state index contributed by atoms with van der Waals surface area (Å²) in [5.41, 5.74) is 0. The van der Waals surface area contributed by atoms with Crippen molar-refractivity contribution < 1.29 is 17.7 Å². The molecule has 1 aromatic rings. The van der Waals surface area contributed by atoms with Crippen LogP contribution in [0.4, 0.5) is 13.2 Å². The summed E-state index contributed by atoms with van der Waals surface area (Å²) in [6, 6.07) is 0. The van der Waals surface area contributed by atoms with Crippen molar-refractivity contribution in [3.63, 3.8) is 0 Å². The summed E-state index contributed by atoms with van der Waals surface area (Å²) in [5.74, 6) is 1.17. The predicted octanol–water partition coefficient (Wildman–Crippen LogP) is 1.99. The molecule has 1 aromatic heterocycles. The van der Waals surface area contributed by atoms with E-state index in [0.717, 1.165) is 19.3 Å². The molecule has 0 saturated heterocycles. The van der Waals surface area contributed by atoms with Gasteiger partial charge in [0.2, 0.25) is 5.89 Å². The molecular formula is C9H12F3N3O. The quantitative estimate of drug-likeness (QED) is 0.867. The summed E-state index contributed by atoms with van der Waals surface area (Å²) in [6.07, 6.45) is -0.985. The zero-order chi connectivity index (χ0) is 11.6. The topological polar surface area (TPSA) is 51.0 Å². The Hall–Kier alpha value is -1.11. The molecule has 1 N–H and O–H groups in total. The molecule has 0 spiro atoms. The molecule has 0 unspecified atom stereocenters. The van der Waals surface area contributed by atoms with Crippen LogP contribution in [0, 0.1) is 0 Å². The SMILES string of the molecule is FC(F)(F)CNCc1nc(C2CCC2)no1. The van der Waals surface area contributed by atoms with Crippen LogP contribution < -0.4 is 5.32 Å². The van der Waals surface area contributed by atoms with Crippen molar-refractivity contribution >= 4 is 0 Å². The van der Waals surface area contributed by atoms with E-state index in [-0.39, 0.29) is 12.4 Å². The monoisotopic (exact) mass is 235 g/mol. The second kappa shape index (κ2) is 4.40. The van der Waals surface area contributed by atoms with E-state index in [4.69, 9.17) is 4.52 Å². The van der Waals surface area contributed by atoms with Gasteiger partial charge in [-0.3, -0.25) is 0 Å².